The van der Waals surface area contributed by atoms with E-state index in [2.05, 4.69) is 26.2 Å². The number of anilines is 1. The number of nitrogens with zero attached hydrogens (tertiary/aromatic N) is 1. The highest BCUT2D eigenvalue weighted by Gasteiger charge is 2.04. The van der Waals surface area contributed by atoms with Crippen LogP contribution in [0.2, 0.25) is 0 Å². The van der Waals surface area contributed by atoms with Crippen molar-refractivity contribution >= 4 is 38.3 Å². The molecule has 0 aromatic carbocycles. The van der Waals surface area contributed by atoms with Gasteiger partial charge < -0.3 is 5.32 Å². The summed E-state index contributed by atoms with van der Waals surface area (Å²) in [7, 11) is 0. The maximum absolute atomic E-state index is 10.6. The molecule has 0 saturated carbocycles. The molecule has 0 atom stereocenters. The number of hydrogen-bond donors (Lipinski definition) is 1. The van der Waals surface area contributed by atoms with Gasteiger partial charge in [0.05, 0.1) is 0 Å². The quantitative estimate of drug-likeness (QED) is 0.810. The van der Waals surface area contributed by atoms with Gasteiger partial charge in [0.25, 0.3) is 0 Å². The third kappa shape index (κ3) is 2.27. The van der Waals surface area contributed by atoms with Crippen LogP contribution in [0.15, 0.2) is 4.60 Å². The number of carbonyl (C=O) groups excluding carboxylic acids is 1. The van der Waals surface area contributed by atoms with Crippen LogP contribution in [-0.2, 0) is 4.79 Å². The van der Waals surface area contributed by atoms with Gasteiger partial charge in [0.15, 0.2) is 5.13 Å². The molecular formula is C6H7BrN2OS. The van der Waals surface area contributed by atoms with E-state index in [1.54, 1.807) is 0 Å². The van der Waals surface area contributed by atoms with Crippen LogP contribution in [0.3, 0.4) is 0 Å². The highest BCUT2D eigenvalue weighted by Crippen LogP contribution is 2.25. The summed E-state index contributed by atoms with van der Waals surface area (Å²) in [6, 6.07) is 0. The zero-order chi connectivity index (χ0) is 8.43. The van der Waals surface area contributed by atoms with Crippen molar-refractivity contribution in [1.82, 2.24) is 4.98 Å². The summed E-state index contributed by atoms with van der Waals surface area (Å²) in [4.78, 5) is 15.7. The van der Waals surface area contributed by atoms with Crippen molar-refractivity contribution in [1.29, 1.82) is 0 Å². The second-order valence-corrected chi connectivity index (χ2v) is 4.00. The third-order valence-electron chi connectivity index (χ3n) is 1.02. The molecule has 0 fully saturated rings. The van der Waals surface area contributed by atoms with Gasteiger partial charge in [-0.3, -0.25) is 4.79 Å². The Labute approximate surface area is 77.0 Å². The van der Waals surface area contributed by atoms with Crippen LogP contribution >= 0.6 is 27.3 Å². The van der Waals surface area contributed by atoms with Crippen LogP contribution in [-0.4, -0.2) is 10.9 Å². The maximum Gasteiger partial charge on any atom is 0.223 e. The van der Waals surface area contributed by atoms with E-state index in [4.69, 9.17) is 0 Å². The van der Waals surface area contributed by atoms with E-state index >= 15 is 0 Å². The smallest absolute Gasteiger partial charge is 0.223 e. The van der Waals surface area contributed by atoms with Gasteiger partial charge in [-0.05, 0) is 22.9 Å². The second-order valence-electron chi connectivity index (χ2n) is 2.05. The summed E-state index contributed by atoms with van der Waals surface area (Å²) >= 11 is 4.71. The van der Waals surface area contributed by atoms with Crippen LogP contribution in [0.1, 0.15) is 11.8 Å². The first-order valence-electron chi connectivity index (χ1n) is 3.00. The van der Waals surface area contributed by atoms with Crippen LogP contribution in [0.25, 0.3) is 0 Å². The molecule has 3 nitrogen and oxygen atoms in total. The maximum atomic E-state index is 10.6. The molecule has 0 radical (unpaired) electrons. The lowest BCUT2D eigenvalue weighted by molar-refractivity contribution is -0.114. The van der Waals surface area contributed by atoms with Gasteiger partial charge in [0, 0.05) is 11.8 Å². The first kappa shape index (κ1) is 8.67. The van der Waals surface area contributed by atoms with Crippen molar-refractivity contribution in [3.8, 4) is 0 Å². The van der Waals surface area contributed by atoms with E-state index in [1.807, 2.05) is 6.92 Å². The molecule has 0 unspecified atom stereocenters. The molecule has 1 aromatic heterocycles. The Hall–Kier alpha value is -0.420. The summed E-state index contributed by atoms with van der Waals surface area (Å²) in [6.45, 7) is 3.40. The zero-order valence-electron chi connectivity index (χ0n) is 6.14. The van der Waals surface area contributed by atoms with Gasteiger partial charge in [-0.2, -0.15) is 0 Å². The highest BCUT2D eigenvalue weighted by atomic mass is 79.9. The van der Waals surface area contributed by atoms with Crippen molar-refractivity contribution in [3.05, 3.63) is 9.48 Å². The fraction of sp³-hybridized carbons (Fsp3) is 0.333. The number of rotatable bonds is 1. The molecule has 60 valence electrons. The Morgan fingerprint density at radius 2 is 2.36 bits per heavy atom. The van der Waals surface area contributed by atoms with E-state index < -0.39 is 0 Å². The first-order valence-corrected chi connectivity index (χ1v) is 4.61. The fourth-order valence-corrected chi connectivity index (χ4v) is 1.87. The number of nitrogens with one attached hydrogen (secondary N) is 1. The van der Waals surface area contributed by atoms with E-state index in [0.717, 1.165) is 9.48 Å². The number of hydrogen-bond acceptors (Lipinski definition) is 3. The topological polar surface area (TPSA) is 42.0 Å². The summed E-state index contributed by atoms with van der Waals surface area (Å²) in [5.41, 5.74) is 0. The normalized spacial score (nSPS) is 9.73. The predicted octanol–water partition coefficient (Wildman–Crippen LogP) is 2.17. The molecule has 11 heavy (non-hydrogen) atoms. The molecule has 5 heteroatoms. The molecule has 1 rings (SSSR count). The second kappa shape index (κ2) is 3.32. The number of carbonyl (C=O) groups is 1. The number of thiazole rings is 1. The molecular weight excluding hydrogens is 228 g/mol. The minimum Gasteiger partial charge on any atom is -0.302 e. The van der Waals surface area contributed by atoms with Gasteiger partial charge in [-0.25, -0.2) is 4.98 Å². The zero-order valence-corrected chi connectivity index (χ0v) is 8.54. The lowest BCUT2D eigenvalue weighted by Crippen LogP contribution is -2.04. The van der Waals surface area contributed by atoms with Gasteiger partial charge >= 0.3 is 0 Å². The summed E-state index contributed by atoms with van der Waals surface area (Å²) < 4.78 is 0.797. The van der Waals surface area contributed by atoms with Crippen molar-refractivity contribution in [2.24, 2.45) is 0 Å². The molecule has 0 bridgehead atoms. The molecule has 1 amide bonds. The number of aromatic nitrogens is 1. The molecule has 0 spiro atoms. The lowest BCUT2D eigenvalue weighted by atomic mass is 10.6. The predicted molar refractivity (Wildman–Crippen MR) is 48.9 cm³/mol. The summed E-state index contributed by atoms with van der Waals surface area (Å²) in [5, 5.41) is 3.25. The Morgan fingerprint density at radius 3 is 2.73 bits per heavy atom. The monoisotopic (exact) mass is 234 g/mol. The van der Waals surface area contributed by atoms with Crippen LogP contribution in [0.5, 0.6) is 0 Å². The van der Waals surface area contributed by atoms with Gasteiger partial charge in [-0.15, -0.1) is 11.3 Å². The fourth-order valence-electron chi connectivity index (χ4n) is 0.582. The summed E-state index contributed by atoms with van der Waals surface area (Å²) in [5.74, 6) is -0.0914. The molecule has 0 saturated heterocycles. The van der Waals surface area contributed by atoms with Crippen LogP contribution in [0.4, 0.5) is 5.13 Å². The Bertz CT molecular complexity index is 265. The molecule has 1 aromatic rings. The average molecular weight is 235 g/mol. The van der Waals surface area contributed by atoms with E-state index in [9.17, 15) is 4.79 Å². The van der Waals surface area contributed by atoms with Crippen molar-refractivity contribution in [2.75, 3.05) is 5.32 Å². The van der Waals surface area contributed by atoms with Crippen LogP contribution < -0.4 is 5.32 Å². The Morgan fingerprint density at radius 1 is 1.73 bits per heavy atom. The van der Waals surface area contributed by atoms with Gasteiger partial charge in [0.2, 0.25) is 5.91 Å². The highest BCUT2D eigenvalue weighted by molar-refractivity contribution is 9.10. The molecule has 1 heterocycles. The molecule has 0 aliphatic heterocycles. The van der Waals surface area contributed by atoms with E-state index in [-0.39, 0.29) is 5.91 Å². The van der Waals surface area contributed by atoms with Crippen LogP contribution in [0, 0.1) is 6.92 Å². The van der Waals surface area contributed by atoms with Crippen molar-refractivity contribution in [3.63, 3.8) is 0 Å². The Kier molecular flexibility index (Phi) is 2.62. The molecule has 0 aliphatic carbocycles. The van der Waals surface area contributed by atoms with Gasteiger partial charge in [0.1, 0.15) is 4.60 Å². The number of aryl methyl sites for hydroxylation is 1. The minimum atomic E-state index is -0.0914. The van der Waals surface area contributed by atoms with Crippen molar-refractivity contribution < 1.29 is 4.79 Å². The molecule has 1 N–H and O–H groups in total. The van der Waals surface area contributed by atoms with Crippen molar-refractivity contribution in [2.45, 2.75) is 13.8 Å². The first-order chi connectivity index (χ1) is 5.09. The summed E-state index contributed by atoms with van der Waals surface area (Å²) in [6.07, 6.45) is 0. The number of halogens is 1. The largest absolute Gasteiger partial charge is 0.302 e. The minimum absolute atomic E-state index is 0.0914. The Balaban J connectivity index is 2.81. The standard InChI is InChI=1S/C6H7BrN2OS/c1-3-5(7)9-6(11-3)8-4(2)10/h1-2H3,(H,8,9,10). The van der Waals surface area contributed by atoms with E-state index in [0.29, 0.717) is 5.13 Å². The number of amides is 1. The molecule has 0 aliphatic rings. The van der Waals surface area contributed by atoms with E-state index in [1.165, 1.54) is 18.3 Å². The lowest BCUT2D eigenvalue weighted by Gasteiger charge is -1.91. The third-order valence-corrected chi connectivity index (χ3v) is 2.94. The SMILES string of the molecule is CC(=O)Nc1nc(Br)c(C)s1. The average Bonchev–Trinajstić information content (AvgIpc) is 2.10. The van der Waals surface area contributed by atoms with Gasteiger partial charge in [-0.1, -0.05) is 0 Å².